The Labute approximate surface area is 142 Å². The Morgan fingerprint density at radius 3 is 1.42 bits per heavy atom. The molecule has 0 saturated carbocycles. The molecule has 4 atom stereocenters. The van der Waals surface area contributed by atoms with Crippen LogP contribution in [0, 0.1) is 0 Å². The van der Waals surface area contributed by atoms with Crippen molar-refractivity contribution in [2.45, 2.75) is 37.6 Å². The highest BCUT2D eigenvalue weighted by molar-refractivity contribution is 5.32. The number of rotatable bonds is 2. The van der Waals surface area contributed by atoms with Crippen molar-refractivity contribution in [2.24, 2.45) is 0 Å². The van der Waals surface area contributed by atoms with Crippen LogP contribution in [0.1, 0.15) is 25.0 Å². The Morgan fingerprint density at radius 1 is 0.667 bits per heavy atom. The molecule has 24 heavy (non-hydrogen) atoms. The van der Waals surface area contributed by atoms with Crippen molar-refractivity contribution in [1.82, 2.24) is 0 Å². The van der Waals surface area contributed by atoms with Gasteiger partial charge in [-0.2, -0.15) is 0 Å². The van der Waals surface area contributed by atoms with Crippen LogP contribution < -0.4 is 0 Å². The minimum absolute atomic E-state index is 0.122. The molecule has 2 saturated heterocycles. The summed E-state index contributed by atoms with van der Waals surface area (Å²) in [6, 6.07) is 19.8. The molecule has 126 valence electrons. The molecule has 0 aromatic heterocycles. The average Bonchev–Trinajstić information content (AvgIpc) is 2.64. The zero-order valence-electron chi connectivity index (χ0n) is 14.0. The van der Waals surface area contributed by atoms with Gasteiger partial charge in [0.15, 0.2) is 0 Å². The van der Waals surface area contributed by atoms with E-state index in [1.165, 1.54) is 0 Å². The summed E-state index contributed by atoms with van der Waals surface area (Å²) in [5, 5.41) is 0. The van der Waals surface area contributed by atoms with Gasteiger partial charge in [0.25, 0.3) is 11.6 Å². The van der Waals surface area contributed by atoms with E-state index in [0.29, 0.717) is 13.2 Å². The first kappa shape index (κ1) is 15.8. The lowest BCUT2D eigenvalue weighted by molar-refractivity contribution is -0.505. The van der Waals surface area contributed by atoms with E-state index >= 15 is 0 Å². The Hall–Kier alpha value is -1.72. The predicted octanol–water partition coefficient (Wildman–Crippen LogP) is 3.56. The molecule has 4 rings (SSSR count). The third kappa shape index (κ3) is 2.22. The molecule has 0 spiro atoms. The summed E-state index contributed by atoms with van der Waals surface area (Å²) < 4.78 is 25.4. The van der Waals surface area contributed by atoms with Crippen molar-refractivity contribution in [3.05, 3.63) is 71.8 Å². The first-order chi connectivity index (χ1) is 11.7. The number of hydrogen-bond acceptors (Lipinski definition) is 4. The van der Waals surface area contributed by atoms with E-state index < -0.39 is 11.6 Å². The van der Waals surface area contributed by atoms with E-state index in [1.54, 1.807) is 0 Å². The number of hydrogen-bond donors (Lipinski definition) is 0. The third-order valence-corrected chi connectivity index (χ3v) is 4.80. The summed E-state index contributed by atoms with van der Waals surface area (Å²) in [4.78, 5) is 0. The van der Waals surface area contributed by atoms with Crippen molar-refractivity contribution in [1.29, 1.82) is 0 Å². The Morgan fingerprint density at radius 2 is 1.04 bits per heavy atom. The van der Waals surface area contributed by atoms with Gasteiger partial charge >= 0.3 is 0 Å². The molecule has 0 N–H and O–H groups in total. The summed E-state index contributed by atoms with van der Waals surface area (Å²) in [6.45, 7) is 4.91. The van der Waals surface area contributed by atoms with Crippen LogP contribution in [0.3, 0.4) is 0 Å². The van der Waals surface area contributed by atoms with Crippen LogP contribution in [0.5, 0.6) is 0 Å². The van der Waals surface area contributed by atoms with E-state index in [9.17, 15) is 0 Å². The summed E-state index contributed by atoms with van der Waals surface area (Å²) >= 11 is 0. The molecule has 2 aliphatic rings. The van der Waals surface area contributed by atoms with Gasteiger partial charge < -0.3 is 18.9 Å². The minimum atomic E-state index is -1.13. The molecular weight excluding hydrogens is 304 g/mol. The Bertz CT molecular complexity index is 628. The van der Waals surface area contributed by atoms with Crippen LogP contribution in [0.15, 0.2) is 60.7 Å². The van der Waals surface area contributed by atoms with Crippen molar-refractivity contribution >= 4 is 0 Å². The molecule has 4 heteroatoms. The Balaban J connectivity index is 1.94. The van der Waals surface area contributed by atoms with Crippen LogP contribution >= 0.6 is 0 Å². The molecule has 0 aliphatic carbocycles. The maximum Gasteiger partial charge on any atom is 0.256 e. The maximum absolute atomic E-state index is 6.46. The lowest BCUT2D eigenvalue weighted by Gasteiger charge is -2.56. The SMILES string of the molecule is CC1OC2(c3ccccc3)OCCOC2(c2ccccc2)OC1C. The summed E-state index contributed by atoms with van der Waals surface area (Å²) in [6.07, 6.45) is -0.243. The summed E-state index contributed by atoms with van der Waals surface area (Å²) in [7, 11) is 0. The predicted molar refractivity (Wildman–Crippen MR) is 89.2 cm³/mol. The first-order valence-corrected chi connectivity index (χ1v) is 8.42. The van der Waals surface area contributed by atoms with Gasteiger partial charge in [-0.25, -0.2) is 0 Å². The van der Waals surface area contributed by atoms with Crippen LogP contribution in [-0.4, -0.2) is 25.4 Å². The summed E-state index contributed by atoms with van der Waals surface area (Å²) in [5.74, 6) is -2.25. The second-order valence-electron chi connectivity index (χ2n) is 6.31. The molecule has 4 unspecified atom stereocenters. The van der Waals surface area contributed by atoms with Gasteiger partial charge in [-0.15, -0.1) is 0 Å². The van der Waals surface area contributed by atoms with Crippen molar-refractivity contribution in [2.75, 3.05) is 13.2 Å². The quantitative estimate of drug-likeness (QED) is 0.845. The molecule has 2 fully saturated rings. The van der Waals surface area contributed by atoms with Crippen LogP contribution in [0.2, 0.25) is 0 Å². The summed E-state index contributed by atoms with van der Waals surface area (Å²) in [5.41, 5.74) is 1.79. The normalized spacial score (nSPS) is 36.1. The van der Waals surface area contributed by atoms with E-state index in [2.05, 4.69) is 0 Å². The monoisotopic (exact) mass is 326 g/mol. The van der Waals surface area contributed by atoms with E-state index in [4.69, 9.17) is 18.9 Å². The molecule has 0 amide bonds. The molecule has 0 radical (unpaired) electrons. The van der Waals surface area contributed by atoms with Gasteiger partial charge in [-0.1, -0.05) is 60.7 Å². The molecule has 4 nitrogen and oxygen atoms in total. The van der Waals surface area contributed by atoms with Gasteiger partial charge in [0, 0.05) is 11.1 Å². The van der Waals surface area contributed by atoms with Crippen LogP contribution in [0.4, 0.5) is 0 Å². The van der Waals surface area contributed by atoms with E-state index in [0.717, 1.165) is 11.1 Å². The topological polar surface area (TPSA) is 36.9 Å². The Kier molecular flexibility index (Phi) is 3.93. The standard InChI is InChI=1S/C20H22O4/c1-15-16(2)24-20(18-11-7-4-8-12-18)19(23-15,21-13-14-22-20)17-9-5-3-6-10-17/h3-12,15-16H,13-14H2,1-2H3. The minimum Gasteiger partial charge on any atom is -0.339 e. The third-order valence-electron chi connectivity index (χ3n) is 4.80. The average molecular weight is 326 g/mol. The van der Waals surface area contributed by atoms with Crippen molar-refractivity contribution in [3.8, 4) is 0 Å². The highest BCUT2D eigenvalue weighted by atomic mass is 16.8. The fourth-order valence-corrected chi connectivity index (χ4v) is 3.50. The lowest BCUT2D eigenvalue weighted by Crippen LogP contribution is -2.66. The molecular formula is C20H22O4. The zero-order valence-corrected chi connectivity index (χ0v) is 14.0. The molecule has 2 aromatic rings. The lowest BCUT2D eigenvalue weighted by atomic mass is 9.87. The van der Waals surface area contributed by atoms with Crippen LogP contribution in [0.25, 0.3) is 0 Å². The molecule has 2 aliphatic heterocycles. The number of ether oxygens (including phenoxy) is 4. The second kappa shape index (κ2) is 5.97. The fourth-order valence-electron chi connectivity index (χ4n) is 3.50. The van der Waals surface area contributed by atoms with Gasteiger partial charge in [0.2, 0.25) is 0 Å². The van der Waals surface area contributed by atoms with Crippen molar-refractivity contribution in [3.63, 3.8) is 0 Å². The fraction of sp³-hybridized carbons (Fsp3) is 0.400. The van der Waals surface area contributed by atoms with Crippen LogP contribution in [-0.2, 0) is 30.5 Å². The van der Waals surface area contributed by atoms with E-state index in [-0.39, 0.29) is 12.2 Å². The van der Waals surface area contributed by atoms with Crippen molar-refractivity contribution < 1.29 is 18.9 Å². The molecule has 0 bridgehead atoms. The van der Waals surface area contributed by atoms with Gasteiger partial charge in [0.05, 0.1) is 25.4 Å². The number of fused-ring (bicyclic) bond motifs is 1. The zero-order chi connectivity index (χ0) is 16.6. The first-order valence-electron chi connectivity index (χ1n) is 8.42. The largest absolute Gasteiger partial charge is 0.339 e. The molecule has 2 heterocycles. The second-order valence-corrected chi connectivity index (χ2v) is 6.31. The van der Waals surface area contributed by atoms with Gasteiger partial charge in [-0.3, -0.25) is 0 Å². The highest BCUT2D eigenvalue weighted by Gasteiger charge is 2.65. The highest BCUT2D eigenvalue weighted by Crippen LogP contribution is 2.54. The smallest absolute Gasteiger partial charge is 0.256 e. The van der Waals surface area contributed by atoms with E-state index in [1.807, 2.05) is 74.5 Å². The maximum atomic E-state index is 6.46. The number of benzene rings is 2. The van der Waals surface area contributed by atoms with Gasteiger partial charge in [0.1, 0.15) is 0 Å². The molecule has 2 aromatic carbocycles. The van der Waals surface area contributed by atoms with Gasteiger partial charge in [-0.05, 0) is 13.8 Å².